The molecule has 2 rings (SSSR count). The van der Waals surface area contributed by atoms with Crippen LogP contribution < -0.4 is 0 Å². The summed E-state index contributed by atoms with van der Waals surface area (Å²) in [6.45, 7) is 1.78. The van der Waals surface area contributed by atoms with Crippen molar-refractivity contribution in [2.24, 2.45) is 5.92 Å². The summed E-state index contributed by atoms with van der Waals surface area (Å²) in [5.41, 5.74) is 0. The van der Waals surface area contributed by atoms with Crippen LogP contribution in [0.2, 0.25) is 0 Å². The standard InChI is InChI=1S/C14H18O3S/c1-11-13(15)9-5-6-10-14(11)18(16,17)12-7-3-2-4-8-12/h2-4,7-8,10-11,13,15H,5-6,9H2,1H3/t11-,13-/m1/s1. The maximum atomic E-state index is 12.5. The van der Waals surface area contributed by atoms with Crippen molar-refractivity contribution in [3.8, 4) is 0 Å². The molecule has 0 fully saturated rings. The first kappa shape index (κ1) is 13.3. The molecule has 1 aliphatic rings. The maximum Gasteiger partial charge on any atom is 0.202 e. The van der Waals surface area contributed by atoms with Crippen molar-refractivity contribution >= 4 is 9.84 Å². The molecule has 1 aromatic carbocycles. The van der Waals surface area contributed by atoms with Crippen LogP contribution >= 0.6 is 0 Å². The van der Waals surface area contributed by atoms with E-state index in [0.717, 1.165) is 6.42 Å². The Bertz CT molecular complexity index is 531. The molecule has 0 aromatic heterocycles. The van der Waals surface area contributed by atoms with Crippen molar-refractivity contribution in [2.45, 2.75) is 37.2 Å². The monoisotopic (exact) mass is 266 g/mol. The van der Waals surface area contributed by atoms with Crippen molar-refractivity contribution < 1.29 is 13.5 Å². The fourth-order valence-electron chi connectivity index (χ4n) is 2.29. The number of sulfone groups is 1. The Labute approximate surface area is 108 Å². The summed E-state index contributed by atoms with van der Waals surface area (Å²) in [5, 5.41) is 9.93. The third-order valence-corrected chi connectivity index (χ3v) is 5.49. The molecule has 3 nitrogen and oxygen atoms in total. The molecular formula is C14H18O3S. The van der Waals surface area contributed by atoms with Gasteiger partial charge in [-0.2, -0.15) is 0 Å². The molecule has 2 atom stereocenters. The second-order valence-electron chi connectivity index (χ2n) is 4.71. The summed E-state index contributed by atoms with van der Waals surface area (Å²) in [4.78, 5) is 0.663. The summed E-state index contributed by atoms with van der Waals surface area (Å²) in [5.74, 6) is -0.335. The number of rotatable bonds is 2. The minimum absolute atomic E-state index is 0.303. The highest BCUT2D eigenvalue weighted by Crippen LogP contribution is 2.31. The predicted octanol–water partition coefficient (Wildman–Crippen LogP) is 2.53. The molecule has 4 heteroatoms. The van der Waals surface area contributed by atoms with Crippen LogP contribution in [0.1, 0.15) is 26.2 Å². The Morgan fingerprint density at radius 1 is 1.22 bits per heavy atom. The summed E-state index contributed by atoms with van der Waals surface area (Å²) < 4.78 is 25.0. The zero-order valence-corrected chi connectivity index (χ0v) is 11.2. The van der Waals surface area contributed by atoms with Crippen LogP contribution in [-0.2, 0) is 9.84 Å². The van der Waals surface area contributed by atoms with Crippen molar-refractivity contribution in [2.75, 3.05) is 0 Å². The molecule has 0 radical (unpaired) electrons. The largest absolute Gasteiger partial charge is 0.392 e. The van der Waals surface area contributed by atoms with E-state index in [-0.39, 0.29) is 5.92 Å². The van der Waals surface area contributed by atoms with Crippen LogP contribution in [0.25, 0.3) is 0 Å². The minimum Gasteiger partial charge on any atom is -0.392 e. The lowest BCUT2D eigenvalue weighted by atomic mass is 10.0. The number of aliphatic hydroxyl groups is 1. The molecule has 0 heterocycles. The van der Waals surface area contributed by atoms with Gasteiger partial charge in [0.15, 0.2) is 0 Å². The van der Waals surface area contributed by atoms with E-state index >= 15 is 0 Å². The van der Waals surface area contributed by atoms with Crippen molar-refractivity contribution in [3.63, 3.8) is 0 Å². The van der Waals surface area contributed by atoms with Crippen LogP contribution in [0, 0.1) is 5.92 Å². The number of aliphatic hydroxyl groups excluding tert-OH is 1. The van der Waals surface area contributed by atoms with Crippen molar-refractivity contribution in [1.29, 1.82) is 0 Å². The molecule has 0 saturated carbocycles. The highest BCUT2D eigenvalue weighted by Gasteiger charge is 2.30. The van der Waals surface area contributed by atoms with E-state index in [1.165, 1.54) is 0 Å². The summed E-state index contributed by atoms with van der Waals surface area (Å²) in [6, 6.07) is 8.41. The van der Waals surface area contributed by atoms with Gasteiger partial charge in [-0.3, -0.25) is 0 Å². The Balaban J connectivity index is 2.44. The molecular weight excluding hydrogens is 248 g/mol. The Morgan fingerprint density at radius 2 is 1.89 bits per heavy atom. The smallest absolute Gasteiger partial charge is 0.202 e. The molecule has 1 aliphatic carbocycles. The third kappa shape index (κ3) is 2.49. The molecule has 98 valence electrons. The van der Waals surface area contributed by atoms with Crippen LogP contribution in [0.3, 0.4) is 0 Å². The number of hydrogen-bond acceptors (Lipinski definition) is 3. The van der Waals surface area contributed by atoms with E-state index in [4.69, 9.17) is 0 Å². The van der Waals surface area contributed by atoms with Gasteiger partial charge in [-0.15, -0.1) is 0 Å². The van der Waals surface area contributed by atoms with E-state index in [1.54, 1.807) is 43.3 Å². The van der Waals surface area contributed by atoms with E-state index in [9.17, 15) is 13.5 Å². The zero-order chi connectivity index (χ0) is 13.2. The van der Waals surface area contributed by atoms with Gasteiger partial charge in [-0.25, -0.2) is 8.42 Å². The highest BCUT2D eigenvalue weighted by atomic mass is 32.2. The van der Waals surface area contributed by atoms with E-state index in [2.05, 4.69) is 0 Å². The number of allylic oxidation sites excluding steroid dienone is 1. The van der Waals surface area contributed by atoms with Gasteiger partial charge < -0.3 is 5.11 Å². The number of hydrogen-bond donors (Lipinski definition) is 1. The lowest BCUT2D eigenvalue weighted by Crippen LogP contribution is -2.22. The Kier molecular flexibility index (Phi) is 3.88. The van der Waals surface area contributed by atoms with E-state index in [0.29, 0.717) is 22.6 Å². The van der Waals surface area contributed by atoms with Gasteiger partial charge in [0.05, 0.1) is 15.9 Å². The first-order valence-corrected chi connectivity index (χ1v) is 7.70. The van der Waals surface area contributed by atoms with Crippen LogP contribution in [0.5, 0.6) is 0 Å². The first-order valence-electron chi connectivity index (χ1n) is 6.21. The van der Waals surface area contributed by atoms with Crippen molar-refractivity contribution in [3.05, 3.63) is 41.3 Å². The Morgan fingerprint density at radius 3 is 2.56 bits per heavy atom. The number of benzene rings is 1. The van der Waals surface area contributed by atoms with Gasteiger partial charge in [0.2, 0.25) is 9.84 Å². The van der Waals surface area contributed by atoms with Gasteiger partial charge in [0.1, 0.15) is 0 Å². The quantitative estimate of drug-likeness (QED) is 0.895. The first-order chi connectivity index (χ1) is 8.53. The van der Waals surface area contributed by atoms with Crippen LogP contribution in [0.15, 0.2) is 46.2 Å². The normalized spacial score (nSPS) is 25.3. The average Bonchev–Trinajstić information content (AvgIpc) is 2.54. The molecule has 0 amide bonds. The summed E-state index contributed by atoms with van der Waals surface area (Å²) in [7, 11) is -3.47. The molecule has 1 N–H and O–H groups in total. The maximum absolute atomic E-state index is 12.5. The fraction of sp³-hybridized carbons (Fsp3) is 0.429. The van der Waals surface area contributed by atoms with Gasteiger partial charge in [0, 0.05) is 5.92 Å². The Hall–Kier alpha value is -1.13. The third-order valence-electron chi connectivity index (χ3n) is 3.44. The van der Waals surface area contributed by atoms with E-state index in [1.807, 2.05) is 0 Å². The molecule has 18 heavy (non-hydrogen) atoms. The zero-order valence-electron chi connectivity index (χ0n) is 10.4. The van der Waals surface area contributed by atoms with E-state index < -0.39 is 15.9 Å². The minimum atomic E-state index is -3.47. The molecule has 0 saturated heterocycles. The second kappa shape index (κ2) is 5.24. The lowest BCUT2D eigenvalue weighted by Gasteiger charge is -2.19. The molecule has 1 aromatic rings. The van der Waals surface area contributed by atoms with Crippen LogP contribution in [-0.4, -0.2) is 19.6 Å². The molecule has 0 aliphatic heterocycles. The molecule has 0 bridgehead atoms. The SMILES string of the molecule is C[C@H]1C(S(=O)(=O)c2ccccc2)=CCCC[C@H]1O. The second-order valence-corrected chi connectivity index (χ2v) is 6.66. The lowest BCUT2D eigenvalue weighted by molar-refractivity contribution is 0.127. The van der Waals surface area contributed by atoms with Gasteiger partial charge in [-0.1, -0.05) is 31.2 Å². The predicted molar refractivity (Wildman–Crippen MR) is 70.7 cm³/mol. The van der Waals surface area contributed by atoms with Gasteiger partial charge in [0.25, 0.3) is 0 Å². The summed E-state index contributed by atoms with van der Waals surface area (Å²) >= 11 is 0. The average molecular weight is 266 g/mol. The molecule has 0 spiro atoms. The van der Waals surface area contributed by atoms with Gasteiger partial charge in [-0.05, 0) is 31.4 Å². The van der Waals surface area contributed by atoms with Crippen molar-refractivity contribution in [1.82, 2.24) is 0 Å². The fourth-order valence-corrected chi connectivity index (χ4v) is 4.06. The van der Waals surface area contributed by atoms with Gasteiger partial charge >= 0.3 is 0 Å². The van der Waals surface area contributed by atoms with Crippen LogP contribution in [0.4, 0.5) is 0 Å². The summed E-state index contributed by atoms with van der Waals surface area (Å²) in [6.07, 6.45) is 3.40. The molecule has 0 unspecified atom stereocenters. The topological polar surface area (TPSA) is 54.4 Å². The highest BCUT2D eigenvalue weighted by molar-refractivity contribution is 7.95.